The predicted octanol–water partition coefficient (Wildman–Crippen LogP) is 2.50. The van der Waals surface area contributed by atoms with Crippen LogP contribution in [0.15, 0.2) is 24.3 Å². The van der Waals surface area contributed by atoms with Gasteiger partial charge in [0.15, 0.2) is 0 Å². The van der Waals surface area contributed by atoms with Gasteiger partial charge in [-0.3, -0.25) is 14.4 Å². The Morgan fingerprint density at radius 3 is 2.66 bits per heavy atom. The van der Waals surface area contributed by atoms with Crippen molar-refractivity contribution in [2.75, 3.05) is 26.1 Å². The smallest absolute Gasteiger partial charge is 0.310 e. The van der Waals surface area contributed by atoms with E-state index in [0.717, 1.165) is 31.4 Å². The van der Waals surface area contributed by atoms with Gasteiger partial charge in [0, 0.05) is 31.4 Å². The number of nitrogens with one attached hydrogen (secondary N) is 2. The normalized spacial score (nSPS) is 19.3. The quantitative estimate of drug-likeness (QED) is 0.619. The van der Waals surface area contributed by atoms with Gasteiger partial charge in [-0.05, 0) is 37.5 Å². The Hall–Kier alpha value is -2.57. The van der Waals surface area contributed by atoms with Crippen LogP contribution in [0.1, 0.15) is 55.8 Å². The van der Waals surface area contributed by atoms with Crippen molar-refractivity contribution in [2.45, 2.75) is 57.5 Å². The van der Waals surface area contributed by atoms with Gasteiger partial charge in [0.25, 0.3) is 5.91 Å². The van der Waals surface area contributed by atoms with Gasteiger partial charge in [-0.2, -0.15) is 0 Å². The van der Waals surface area contributed by atoms with E-state index in [0.29, 0.717) is 18.4 Å². The Bertz CT molecular complexity index is 720. The van der Waals surface area contributed by atoms with Gasteiger partial charge in [-0.15, -0.1) is 0 Å². The van der Waals surface area contributed by atoms with Gasteiger partial charge in [-0.1, -0.05) is 32.3 Å². The number of hydrogen-bond donors (Lipinski definition) is 2. The molecule has 1 aliphatic rings. The van der Waals surface area contributed by atoms with Crippen molar-refractivity contribution in [2.24, 2.45) is 5.92 Å². The first-order valence-electron chi connectivity index (χ1n) is 10.3. The zero-order chi connectivity index (χ0) is 21.4. The van der Waals surface area contributed by atoms with E-state index in [1.807, 2.05) is 38.1 Å². The van der Waals surface area contributed by atoms with Crippen molar-refractivity contribution in [3.8, 4) is 0 Å². The molecule has 0 unspecified atom stereocenters. The third-order valence-electron chi connectivity index (χ3n) is 5.44. The fraction of sp³-hybridized carbons (Fsp3) is 0.591. The van der Waals surface area contributed by atoms with Gasteiger partial charge >= 0.3 is 5.97 Å². The number of esters is 1. The molecule has 2 amide bonds. The van der Waals surface area contributed by atoms with Crippen molar-refractivity contribution in [1.82, 2.24) is 10.6 Å². The van der Waals surface area contributed by atoms with E-state index in [2.05, 4.69) is 10.6 Å². The van der Waals surface area contributed by atoms with E-state index in [1.165, 1.54) is 7.11 Å². The molecule has 160 valence electrons. The first-order valence-corrected chi connectivity index (χ1v) is 10.3. The molecule has 0 bridgehead atoms. The first-order chi connectivity index (χ1) is 13.9. The van der Waals surface area contributed by atoms with Crippen LogP contribution in [-0.2, 0) is 14.3 Å². The lowest BCUT2D eigenvalue weighted by Crippen LogP contribution is -2.51. The highest BCUT2D eigenvalue weighted by molar-refractivity contribution is 5.98. The number of methoxy groups -OCH3 is 1. The molecule has 0 saturated heterocycles. The standard InChI is InChI=1S/C22H33N3O4/c1-5-6-12-19(21(27)23-18-13-8-11-17(18)22(28)29-4)24-20(26)15-9-7-10-16(14-15)25(2)3/h7,9-10,14,17-19H,5-6,8,11-13H2,1-4H3,(H,23,27)(H,24,26)/t17-,18+,19+/m1/s1. The van der Waals surface area contributed by atoms with E-state index in [4.69, 9.17) is 4.74 Å². The summed E-state index contributed by atoms with van der Waals surface area (Å²) in [6.07, 6.45) is 4.61. The second-order valence-electron chi connectivity index (χ2n) is 7.79. The Labute approximate surface area is 173 Å². The molecule has 2 N–H and O–H groups in total. The Morgan fingerprint density at radius 2 is 2.00 bits per heavy atom. The molecule has 0 aromatic heterocycles. The molecule has 7 heteroatoms. The van der Waals surface area contributed by atoms with Crippen molar-refractivity contribution < 1.29 is 19.1 Å². The molecule has 1 aliphatic carbocycles. The zero-order valence-electron chi connectivity index (χ0n) is 17.9. The minimum Gasteiger partial charge on any atom is -0.469 e. The molecule has 1 fully saturated rings. The lowest BCUT2D eigenvalue weighted by Gasteiger charge is -2.24. The second-order valence-corrected chi connectivity index (χ2v) is 7.79. The van der Waals surface area contributed by atoms with Gasteiger partial charge < -0.3 is 20.3 Å². The molecule has 29 heavy (non-hydrogen) atoms. The summed E-state index contributed by atoms with van der Waals surface area (Å²) in [6, 6.07) is 6.41. The monoisotopic (exact) mass is 403 g/mol. The van der Waals surface area contributed by atoms with Crippen molar-refractivity contribution in [1.29, 1.82) is 0 Å². The molecule has 1 aromatic rings. The first kappa shape index (κ1) is 22.7. The van der Waals surface area contributed by atoms with Crippen LogP contribution in [0.4, 0.5) is 5.69 Å². The number of benzene rings is 1. The number of ether oxygens (including phenoxy) is 1. The van der Waals surface area contributed by atoms with Gasteiger partial charge in [0.2, 0.25) is 5.91 Å². The lowest BCUT2D eigenvalue weighted by atomic mass is 10.0. The molecule has 1 saturated carbocycles. The topological polar surface area (TPSA) is 87.7 Å². The van der Waals surface area contributed by atoms with Crippen molar-refractivity contribution in [3.05, 3.63) is 29.8 Å². The van der Waals surface area contributed by atoms with Crippen LogP contribution < -0.4 is 15.5 Å². The third kappa shape index (κ3) is 6.21. The second kappa shape index (κ2) is 10.8. The molecule has 0 spiro atoms. The van der Waals surface area contributed by atoms with Crippen LogP contribution in [0, 0.1) is 5.92 Å². The van der Waals surface area contributed by atoms with Crippen LogP contribution in [0.5, 0.6) is 0 Å². The fourth-order valence-electron chi connectivity index (χ4n) is 3.69. The number of nitrogens with zero attached hydrogens (tertiary/aromatic N) is 1. The number of carbonyl (C=O) groups excluding carboxylic acids is 3. The van der Waals surface area contributed by atoms with E-state index < -0.39 is 6.04 Å². The van der Waals surface area contributed by atoms with Crippen LogP contribution in [0.3, 0.4) is 0 Å². The summed E-state index contributed by atoms with van der Waals surface area (Å²) in [6.45, 7) is 2.04. The highest BCUT2D eigenvalue weighted by atomic mass is 16.5. The number of amides is 2. The maximum Gasteiger partial charge on any atom is 0.310 e. The van der Waals surface area contributed by atoms with Crippen LogP contribution in [-0.4, -0.2) is 51.1 Å². The largest absolute Gasteiger partial charge is 0.469 e. The summed E-state index contributed by atoms with van der Waals surface area (Å²) >= 11 is 0. The minimum absolute atomic E-state index is 0.239. The lowest BCUT2D eigenvalue weighted by molar-refractivity contribution is -0.146. The molecule has 0 heterocycles. The summed E-state index contributed by atoms with van der Waals surface area (Å²) in [7, 11) is 5.19. The summed E-state index contributed by atoms with van der Waals surface area (Å²) in [4.78, 5) is 39.6. The predicted molar refractivity (Wildman–Crippen MR) is 113 cm³/mol. The summed E-state index contributed by atoms with van der Waals surface area (Å²) in [5, 5.41) is 5.86. The Balaban J connectivity index is 2.08. The molecular formula is C22H33N3O4. The van der Waals surface area contributed by atoms with Crippen LogP contribution in [0.25, 0.3) is 0 Å². The molecule has 0 radical (unpaired) electrons. The van der Waals surface area contributed by atoms with Gasteiger partial charge in [0.05, 0.1) is 13.0 Å². The molecule has 0 aliphatic heterocycles. The fourth-order valence-corrected chi connectivity index (χ4v) is 3.69. The number of rotatable bonds is 9. The highest BCUT2D eigenvalue weighted by Crippen LogP contribution is 2.27. The Morgan fingerprint density at radius 1 is 1.24 bits per heavy atom. The maximum atomic E-state index is 12.9. The minimum atomic E-state index is -0.635. The highest BCUT2D eigenvalue weighted by Gasteiger charge is 2.36. The number of unbranched alkanes of at least 4 members (excludes halogenated alkanes) is 1. The van der Waals surface area contributed by atoms with Crippen molar-refractivity contribution in [3.63, 3.8) is 0 Å². The molecular weight excluding hydrogens is 370 g/mol. The average molecular weight is 404 g/mol. The van der Waals surface area contributed by atoms with E-state index in [1.54, 1.807) is 12.1 Å². The van der Waals surface area contributed by atoms with Gasteiger partial charge in [0.1, 0.15) is 6.04 Å². The van der Waals surface area contributed by atoms with Crippen molar-refractivity contribution >= 4 is 23.5 Å². The zero-order valence-corrected chi connectivity index (χ0v) is 17.9. The average Bonchev–Trinajstić information content (AvgIpc) is 3.18. The molecule has 7 nitrogen and oxygen atoms in total. The third-order valence-corrected chi connectivity index (χ3v) is 5.44. The van der Waals surface area contributed by atoms with E-state index in [9.17, 15) is 14.4 Å². The SMILES string of the molecule is CCCC[C@H](NC(=O)c1cccc(N(C)C)c1)C(=O)N[C@H]1CCC[C@H]1C(=O)OC. The molecule has 2 rings (SSSR count). The number of anilines is 1. The Kier molecular flexibility index (Phi) is 8.49. The summed E-state index contributed by atoms with van der Waals surface area (Å²) in [5.74, 6) is -1.12. The van der Waals surface area contributed by atoms with E-state index in [-0.39, 0.29) is 29.7 Å². The number of carbonyl (C=O) groups is 3. The molecule has 1 aromatic carbocycles. The van der Waals surface area contributed by atoms with Gasteiger partial charge in [-0.25, -0.2) is 0 Å². The summed E-state index contributed by atoms with van der Waals surface area (Å²) < 4.78 is 4.86. The van der Waals surface area contributed by atoms with E-state index >= 15 is 0 Å². The van der Waals surface area contributed by atoms with Crippen LogP contribution in [0.2, 0.25) is 0 Å². The summed E-state index contributed by atoms with van der Waals surface area (Å²) in [5.41, 5.74) is 1.43. The maximum absolute atomic E-state index is 12.9. The molecule has 3 atom stereocenters. The number of hydrogen-bond acceptors (Lipinski definition) is 5. The van der Waals surface area contributed by atoms with Crippen LogP contribution >= 0.6 is 0 Å².